The van der Waals surface area contributed by atoms with Crippen molar-refractivity contribution >= 4 is 10.9 Å². The Morgan fingerprint density at radius 3 is 2.81 bits per heavy atom. The van der Waals surface area contributed by atoms with Gasteiger partial charge in [0.05, 0.1) is 6.54 Å². The van der Waals surface area contributed by atoms with Crippen molar-refractivity contribution in [3.63, 3.8) is 0 Å². The van der Waals surface area contributed by atoms with E-state index in [1.807, 2.05) is 10.7 Å². The normalized spacial score (nSPS) is 11.6. The summed E-state index contributed by atoms with van der Waals surface area (Å²) in [5, 5.41) is 5.55. The molecule has 0 amide bonds. The highest BCUT2D eigenvalue weighted by molar-refractivity contribution is 5.81. The van der Waals surface area contributed by atoms with Gasteiger partial charge in [-0.3, -0.25) is 0 Å². The second kappa shape index (κ2) is 5.69. The Morgan fingerprint density at radius 1 is 1.24 bits per heavy atom. The molecule has 21 heavy (non-hydrogen) atoms. The van der Waals surface area contributed by atoms with Gasteiger partial charge in [-0.15, -0.1) is 0 Å². The molecule has 1 aromatic carbocycles. The van der Waals surface area contributed by atoms with Crippen LogP contribution >= 0.6 is 0 Å². The number of rotatable bonds is 5. The molecular weight excluding hydrogens is 262 g/mol. The number of hydrogen-bond acceptors (Lipinski definition) is 3. The number of nitrogens with zero attached hydrogens (tertiary/aromatic N) is 4. The topological polar surface area (TPSA) is 61.7 Å². The second-order valence-corrected chi connectivity index (χ2v) is 5.74. The van der Waals surface area contributed by atoms with Crippen LogP contribution in [0.15, 0.2) is 36.7 Å². The van der Waals surface area contributed by atoms with Gasteiger partial charge in [0, 0.05) is 24.3 Å². The maximum Gasteiger partial charge on any atom is 0.146 e. The molecule has 5 heteroatoms. The van der Waals surface area contributed by atoms with E-state index in [1.54, 1.807) is 6.33 Å². The van der Waals surface area contributed by atoms with Crippen LogP contribution in [-0.4, -0.2) is 19.3 Å². The molecule has 2 aromatic heterocycles. The summed E-state index contributed by atoms with van der Waals surface area (Å²) >= 11 is 0. The highest BCUT2D eigenvalue weighted by atomic mass is 15.3. The average Bonchev–Trinajstić information content (AvgIpc) is 3.04. The first-order chi connectivity index (χ1) is 10.2. The first kappa shape index (κ1) is 13.8. The van der Waals surface area contributed by atoms with E-state index in [9.17, 15) is 0 Å². The van der Waals surface area contributed by atoms with Crippen LogP contribution in [-0.2, 0) is 19.6 Å². The predicted octanol–water partition coefficient (Wildman–Crippen LogP) is 2.40. The van der Waals surface area contributed by atoms with Gasteiger partial charge in [0.2, 0.25) is 0 Å². The molecule has 0 saturated heterocycles. The average molecular weight is 283 g/mol. The summed E-state index contributed by atoms with van der Waals surface area (Å²) in [7, 11) is 0. The van der Waals surface area contributed by atoms with Gasteiger partial charge in [0.1, 0.15) is 12.2 Å². The minimum atomic E-state index is 0.521. The predicted molar refractivity (Wildman–Crippen MR) is 83.8 cm³/mol. The fourth-order valence-corrected chi connectivity index (χ4v) is 2.67. The molecule has 0 bridgehead atoms. The molecule has 0 atom stereocenters. The Hall–Kier alpha value is -2.14. The molecule has 0 saturated carbocycles. The van der Waals surface area contributed by atoms with Gasteiger partial charge < -0.3 is 10.3 Å². The van der Waals surface area contributed by atoms with Crippen molar-refractivity contribution in [2.45, 2.75) is 33.5 Å². The Balaban J connectivity index is 2.00. The first-order valence-corrected chi connectivity index (χ1v) is 7.33. The van der Waals surface area contributed by atoms with Gasteiger partial charge in [0.25, 0.3) is 0 Å². The van der Waals surface area contributed by atoms with Crippen molar-refractivity contribution < 1.29 is 0 Å². The smallest absolute Gasteiger partial charge is 0.146 e. The van der Waals surface area contributed by atoms with Crippen LogP contribution in [0.25, 0.3) is 10.9 Å². The molecule has 5 nitrogen and oxygen atoms in total. The van der Waals surface area contributed by atoms with E-state index in [0.717, 1.165) is 18.1 Å². The highest BCUT2D eigenvalue weighted by Crippen LogP contribution is 2.20. The lowest BCUT2D eigenvalue weighted by Crippen LogP contribution is -2.15. The zero-order valence-corrected chi connectivity index (χ0v) is 12.5. The van der Waals surface area contributed by atoms with Crippen LogP contribution in [0.2, 0.25) is 0 Å². The molecule has 3 aromatic rings. The summed E-state index contributed by atoms with van der Waals surface area (Å²) in [4.78, 5) is 4.42. The van der Waals surface area contributed by atoms with Gasteiger partial charge in [-0.1, -0.05) is 32.0 Å². The van der Waals surface area contributed by atoms with Crippen molar-refractivity contribution in [1.82, 2.24) is 19.3 Å². The van der Waals surface area contributed by atoms with Crippen molar-refractivity contribution in [2.75, 3.05) is 0 Å². The number of fused-ring (bicyclic) bond motifs is 1. The van der Waals surface area contributed by atoms with Crippen molar-refractivity contribution in [1.29, 1.82) is 0 Å². The van der Waals surface area contributed by atoms with E-state index in [-0.39, 0.29) is 0 Å². The van der Waals surface area contributed by atoms with Crippen LogP contribution in [0.3, 0.4) is 0 Å². The molecule has 0 unspecified atom stereocenters. The van der Waals surface area contributed by atoms with Crippen LogP contribution in [0.5, 0.6) is 0 Å². The molecule has 0 fully saturated rings. The highest BCUT2D eigenvalue weighted by Gasteiger charge is 2.12. The first-order valence-electron chi connectivity index (χ1n) is 7.33. The van der Waals surface area contributed by atoms with E-state index in [1.165, 1.54) is 10.9 Å². The van der Waals surface area contributed by atoms with Crippen LogP contribution in [0, 0.1) is 5.92 Å². The quantitative estimate of drug-likeness (QED) is 0.782. The Morgan fingerprint density at radius 2 is 2.05 bits per heavy atom. The number of para-hydroxylation sites is 1. The third-order valence-corrected chi connectivity index (χ3v) is 3.64. The molecule has 2 heterocycles. The summed E-state index contributed by atoms with van der Waals surface area (Å²) in [6, 6.07) is 10.5. The molecule has 0 aliphatic heterocycles. The zero-order chi connectivity index (χ0) is 14.8. The van der Waals surface area contributed by atoms with Crippen molar-refractivity contribution in [3.8, 4) is 0 Å². The van der Waals surface area contributed by atoms with E-state index in [2.05, 4.69) is 52.8 Å². The fourth-order valence-electron chi connectivity index (χ4n) is 2.67. The Bertz CT molecular complexity index is 738. The summed E-state index contributed by atoms with van der Waals surface area (Å²) in [5.74, 6) is 1.51. The summed E-state index contributed by atoms with van der Waals surface area (Å²) in [6.45, 7) is 6.47. The van der Waals surface area contributed by atoms with Crippen molar-refractivity contribution in [2.24, 2.45) is 11.7 Å². The fraction of sp³-hybridized carbons (Fsp3) is 0.375. The third-order valence-electron chi connectivity index (χ3n) is 3.64. The van der Waals surface area contributed by atoms with E-state index in [0.29, 0.717) is 19.0 Å². The minimum absolute atomic E-state index is 0.521. The van der Waals surface area contributed by atoms with Gasteiger partial charge in [-0.25, -0.2) is 9.67 Å². The summed E-state index contributed by atoms with van der Waals surface area (Å²) in [5.41, 5.74) is 8.21. The van der Waals surface area contributed by atoms with Crippen LogP contribution in [0.1, 0.15) is 25.4 Å². The lowest BCUT2D eigenvalue weighted by atomic mass is 10.2. The zero-order valence-electron chi connectivity index (χ0n) is 12.5. The van der Waals surface area contributed by atoms with E-state index in [4.69, 9.17) is 5.73 Å². The second-order valence-electron chi connectivity index (χ2n) is 5.74. The van der Waals surface area contributed by atoms with Crippen molar-refractivity contribution in [3.05, 3.63) is 48.2 Å². The van der Waals surface area contributed by atoms with E-state index < -0.39 is 0 Å². The van der Waals surface area contributed by atoms with Crippen LogP contribution in [0.4, 0.5) is 0 Å². The van der Waals surface area contributed by atoms with Gasteiger partial charge >= 0.3 is 0 Å². The van der Waals surface area contributed by atoms with Gasteiger partial charge in [0.15, 0.2) is 0 Å². The maximum absolute atomic E-state index is 5.90. The molecule has 110 valence electrons. The lowest BCUT2D eigenvalue weighted by molar-refractivity contribution is 0.461. The van der Waals surface area contributed by atoms with Gasteiger partial charge in [-0.2, -0.15) is 5.10 Å². The lowest BCUT2D eigenvalue weighted by Gasteiger charge is -2.12. The summed E-state index contributed by atoms with van der Waals surface area (Å²) < 4.78 is 4.22. The molecule has 3 rings (SSSR count). The summed E-state index contributed by atoms with van der Waals surface area (Å²) in [6.07, 6.45) is 1.63. The Labute approximate surface area is 124 Å². The number of hydrogen-bond donors (Lipinski definition) is 1. The monoisotopic (exact) mass is 283 g/mol. The van der Waals surface area contributed by atoms with Gasteiger partial charge in [-0.05, 0) is 23.4 Å². The minimum Gasteiger partial charge on any atom is -0.336 e. The number of nitrogens with two attached hydrogens (primary N) is 1. The molecule has 2 N–H and O–H groups in total. The molecule has 0 aliphatic rings. The number of aromatic nitrogens is 4. The SMILES string of the molecule is CC(C)Cn1ncnc1Cn1c(CN)cc2ccccc21. The molecule has 0 spiro atoms. The largest absolute Gasteiger partial charge is 0.336 e. The number of benzene rings is 1. The molecular formula is C16H21N5. The van der Waals surface area contributed by atoms with E-state index >= 15 is 0 Å². The maximum atomic E-state index is 5.90. The molecule has 0 aliphatic carbocycles. The molecule has 0 radical (unpaired) electrons. The Kier molecular flexibility index (Phi) is 3.75. The van der Waals surface area contributed by atoms with Crippen LogP contribution < -0.4 is 5.73 Å². The standard InChI is InChI=1S/C16H21N5/c1-12(2)9-21-16(18-11-19-21)10-20-14(8-17)7-13-5-3-4-6-15(13)20/h3-7,11-12H,8-10,17H2,1-2H3. The third kappa shape index (κ3) is 2.69.